The highest BCUT2D eigenvalue weighted by atomic mass is 35.5. The van der Waals surface area contributed by atoms with Gasteiger partial charge in [0.1, 0.15) is 0 Å². The van der Waals surface area contributed by atoms with Crippen molar-refractivity contribution in [3.8, 4) is 0 Å². The van der Waals surface area contributed by atoms with Crippen LogP contribution in [-0.2, 0) is 17.7 Å². The first-order valence-electron chi connectivity index (χ1n) is 9.34. The summed E-state index contributed by atoms with van der Waals surface area (Å²) in [6.45, 7) is 4.18. The Labute approximate surface area is 171 Å². The lowest BCUT2D eigenvalue weighted by Gasteiger charge is -2.30. The molecule has 0 atom stereocenters. The van der Waals surface area contributed by atoms with E-state index in [0.717, 1.165) is 56.7 Å². The van der Waals surface area contributed by atoms with Gasteiger partial charge in [0.05, 0.1) is 51.9 Å². The van der Waals surface area contributed by atoms with Gasteiger partial charge in [-0.15, -0.1) is 11.3 Å². The van der Waals surface area contributed by atoms with Crippen molar-refractivity contribution in [1.29, 1.82) is 0 Å². The summed E-state index contributed by atoms with van der Waals surface area (Å²) >= 11 is 7.70. The molecule has 2 aliphatic heterocycles. The van der Waals surface area contributed by atoms with Crippen LogP contribution in [0.1, 0.15) is 21.1 Å². The molecule has 4 heterocycles. The van der Waals surface area contributed by atoms with Crippen LogP contribution in [0.5, 0.6) is 0 Å². The lowest BCUT2D eigenvalue weighted by molar-refractivity contribution is 0.0779. The fraction of sp³-hybridized carbons (Fsp3) is 0.350. The van der Waals surface area contributed by atoms with E-state index in [2.05, 4.69) is 14.9 Å². The number of anilines is 1. The maximum atomic E-state index is 13.1. The number of amides is 1. The Balaban J connectivity index is 1.33. The Bertz CT molecular complexity index is 1050. The SMILES string of the molecule is O=C1c2c(N3CCOCC3)ccnc2CN1CCc1nc2ccc(Cl)cc2s1. The van der Waals surface area contributed by atoms with E-state index in [9.17, 15) is 4.79 Å². The Hall–Kier alpha value is -2.22. The Kier molecular flexibility index (Phi) is 4.66. The van der Waals surface area contributed by atoms with Crippen LogP contribution in [-0.4, -0.2) is 53.6 Å². The largest absolute Gasteiger partial charge is 0.378 e. The molecule has 3 aromatic rings. The number of thiazole rings is 1. The standard InChI is InChI=1S/C20H19ClN4O2S/c21-13-1-2-14-17(11-13)28-18(23-14)4-6-25-12-15-19(20(25)26)16(3-5-22-15)24-7-9-27-10-8-24/h1-3,5,11H,4,6-10,12H2. The number of hydrogen-bond donors (Lipinski definition) is 0. The predicted octanol–water partition coefficient (Wildman–Crippen LogP) is 3.38. The first-order valence-corrected chi connectivity index (χ1v) is 10.5. The van der Waals surface area contributed by atoms with Gasteiger partial charge in [-0.05, 0) is 24.3 Å². The normalized spacial score (nSPS) is 16.8. The van der Waals surface area contributed by atoms with E-state index in [1.165, 1.54) is 0 Å². The molecule has 5 rings (SSSR count). The van der Waals surface area contributed by atoms with Crippen LogP contribution in [0, 0.1) is 0 Å². The second-order valence-electron chi connectivity index (χ2n) is 6.95. The van der Waals surface area contributed by atoms with Crippen LogP contribution < -0.4 is 4.90 Å². The number of aromatic nitrogens is 2. The molecule has 0 N–H and O–H groups in total. The van der Waals surface area contributed by atoms with Crippen molar-refractivity contribution >= 4 is 44.7 Å². The molecule has 1 fully saturated rings. The van der Waals surface area contributed by atoms with E-state index in [0.29, 0.717) is 26.3 Å². The second kappa shape index (κ2) is 7.31. The summed E-state index contributed by atoms with van der Waals surface area (Å²) in [5.41, 5.74) is 3.55. The van der Waals surface area contributed by atoms with Gasteiger partial charge in [0, 0.05) is 37.3 Å². The molecule has 1 aromatic carbocycles. The number of ether oxygens (including phenoxy) is 1. The van der Waals surface area contributed by atoms with Crippen molar-refractivity contribution in [3.05, 3.63) is 51.7 Å². The number of rotatable bonds is 4. The molecule has 0 saturated carbocycles. The molecule has 144 valence electrons. The van der Waals surface area contributed by atoms with Crippen LogP contribution in [0.3, 0.4) is 0 Å². The summed E-state index contributed by atoms with van der Waals surface area (Å²) in [6.07, 6.45) is 2.53. The summed E-state index contributed by atoms with van der Waals surface area (Å²) < 4.78 is 6.52. The second-order valence-corrected chi connectivity index (χ2v) is 8.50. The number of carbonyl (C=O) groups is 1. The van der Waals surface area contributed by atoms with E-state index in [-0.39, 0.29) is 5.91 Å². The highest BCUT2D eigenvalue weighted by Crippen LogP contribution is 2.31. The zero-order chi connectivity index (χ0) is 19.1. The summed E-state index contributed by atoms with van der Waals surface area (Å²) in [6, 6.07) is 7.68. The highest BCUT2D eigenvalue weighted by molar-refractivity contribution is 7.18. The number of benzene rings is 1. The van der Waals surface area contributed by atoms with Gasteiger partial charge in [0.15, 0.2) is 0 Å². The lowest BCUT2D eigenvalue weighted by Crippen LogP contribution is -2.37. The molecule has 0 bridgehead atoms. The van der Waals surface area contributed by atoms with Gasteiger partial charge in [-0.3, -0.25) is 9.78 Å². The maximum absolute atomic E-state index is 13.1. The first kappa shape index (κ1) is 17.8. The minimum absolute atomic E-state index is 0.0637. The smallest absolute Gasteiger partial charge is 0.258 e. The van der Waals surface area contributed by atoms with Gasteiger partial charge >= 0.3 is 0 Å². The first-order chi connectivity index (χ1) is 13.7. The lowest BCUT2D eigenvalue weighted by atomic mass is 10.1. The Morgan fingerprint density at radius 1 is 1.21 bits per heavy atom. The number of nitrogens with zero attached hydrogens (tertiary/aromatic N) is 4. The summed E-state index contributed by atoms with van der Waals surface area (Å²) in [7, 11) is 0. The van der Waals surface area contributed by atoms with Crippen LogP contribution in [0.4, 0.5) is 5.69 Å². The monoisotopic (exact) mass is 414 g/mol. The third-order valence-electron chi connectivity index (χ3n) is 5.19. The van der Waals surface area contributed by atoms with Crippen molar-refractivity contribution in [2.45, 2.75) is 13.0 Å². The van der Waals surface area contributed by atoms with Crippen molar-refractivity contribution in [2.75, 3.05) is 37.7 Å². The third kappa shape index (κ3) is 3.23. The number of morpholine rings is 1. The van der Waals surface area contributed by atoms with Crippen LogP contribution >= 0.6 is 22.9 Å². The van der Waals surface area contributed by atoms with E-state index < -0.39 is 0 Å². The average molecular weight is 415 g/mol. The van der Waals surface area contributed by atoms with E-state index in [1.807, 2.05) is 29.2 Å². The maximum Gasteiger partial charge on any atom is 0.258 e. The third-order valence-corrected chi connectivity index (χ3v) is 6.50. The molecule has 0 aliphatic carbocycles. The molecule has 6 nitrogen and oxygen atoms in total. The fourth-order valence-corrected chi connectivity index (χ4v) is 5.02. The zero-order valence-electron chi connectivity index (χ0n) is 15.2. The summed E-state index contributed by atoms with van der Waals surface area (Å²) in [4.78, 5) is 26.3. The predicted molar refractivity (Wildman–Crippen MR) is 110 cm³/mol. The highest BCUT2D eigenvalue weighted by Gasteiger charge is 2.32. The molecule has 0 unspecified atom stereocenters. The molecule has 1 saturated heterocycles. The number of hydrogen-bond acceptors (Lipinski definition) is 6. The molecule has 0 spiro atoms. The number of pyridine rings is 1. The van der Waals surface area contributed by atoms with Gasteiger partial charge in [0.2, 0.25) is 0 Å². The van der Waals surface area contributed by atoms with Gasteiger partial charge in [-0.1, -0.05) is 11.6 Å². The molecule has 2 aromatic heterocycles. The van der Waals surface area contributed by atoms with Crippen molar-refractivity contribution in [1.82, 2.24) is 14.9 Å². The zero-order valence-corrected chi connectivity index (χ0v) is 16.8. The fourth-order valence-electron chi connectivity index (χ4n) is 3.79. The van der Waals surface area contributed by atoms with E-state index in [4.69, 9.17) is 16.3 Å². The summed E-state index contributed by atoms with van der Waals surface area (Å²) in [5, 5.41) is 1.73. The molecule has 28 heavy (non-hydrogen) atoms. The van der Waals surface area contributed by atoms with Gasteiger partial charge in [-0.25, -0.2) is 4.98 Å². The van der Waals surface area contributed by atoms with E-state index in [1.54, 1.807) is 17.5 Å². The number of fused-ring (bicyclic) bond motifs is 2. The van der Waals surface area contributed by atoms with Gasteiger partial charge in [0.25, 0.3) is 5.91 Å². The topological polar surface area (TPSA) is 58.6 Å². The molecular weight excluding hydrogens is 396 g/mol. The van der Waals surface area contributed by atoms with Crippen LogP contribution in [0.2, 0.25) is 5.02 Å². The average Bonchev–Trinajstić information content (AvgIpc) is 3.27. The van der Waals surface area contributed by atoms with Crippen LogP contribution in [0.15, 0.2) is 30.5 Å². The van der Waals surface area contributed by atoms with E-state index >= 15 is 0 Å². The molecule has 8 heteroatoms. The molecule has 0 radical (unpaired) electrons. The quantitative estimate of drug-likeness (QED) is 0.655. The van der Waals surface area contributed by atoms with Gasteiger partial charge in [-0.2, -0.15) is 0 Å². The Morgan fingerprint density at radius 3 is 2.93 bits per heavy atom. The summed E-state index contributed by atoms with van der Waals surface area (Å²) in [5.74, 6) is 0.0637. The minimum Gasteiger partial charge on any atom is -0.378 e. The molecular formula is C20H19ClN4O2S. The van der Waals surface area contributed by atoms with Crippen molar-refractivity contribution < 1.29 is 9.53 Å². The number of halogens is 1. The number of carbonyl (C=O) groups excluding carboxylic acids is 1. The van der Waals surface area contributed by atoms with Crippen molar-refractivity contribution in [2.24, 2.45) is 0 Å². The minimum atomic E-state index is 0.0637. The van der Waals surface area contributed by atoms with Crippen molar-refractivity contribution in [3.63, 3.8) is 0 Å². The Morgan fingerprint density at radius 2 is 2.07 bits per heavy atom. The molecule has 1 amide bonds. The van der Waals surface area contributed by atoms with Crippen LogP contribution in [0.25, 0.3) is 10.2 Å². The molecule has 2 aliphatic rings. The van der Waals surface area contributed by atoms with Gasteiger partial charge < -0.3 is 14.5 Å².